The highest BCUT2D eigenvalue weighted by atomic mass is 16.3. The van der Waals surface area contributed by atoms with E-state index in [1.807, 2.05) is 60.7 Å². The number of nitrogens with zero attached hydrogens (tertiary/aromatic N) is 3. The number of fused-ring (bicyclic) bond motifs is 5. The smallest absolute Gasteiger partial charge is 0.164 e. The summed E-state index contributed by atoms with van der Waals surface area (Å²) in [6.07, 6.45) is 0. The van der Waals surface area contributed by atoms with E-state index in [1.54, 1.807) is 0 Å². The molecule has 0 aliphatic carbocycles. The van der Waals surface area contributed by atoms with E-state index in [4.69, 9.17) is 19.4 Å². The van der Waals surface area contributed by atoms with Crippen molar-refractivity contribution in [3.05, 3.63) is 152 Å². The van der Waals surface area contributed by atoms with Gasteiger partial charge in [0.15, 0.2) is 17.5 Å². The van der Waals surface area contributed by atoms with Gasteiger partial charge in [0.2, 0.25) is 0 Å². The van der Waals surface area contributed by atoms with Crippen molar-refractivity contribution < 1.29 is 4.42 Å². The highest BCUT2D eigenvalue weighted by molar-refractivity contribution is 6.36. The van der Waals surface area contributed by atoms with Crippen LogP contribution in [0.1, 0.15) is 0 Å². The van der Waals surface area contributed by atoms with Crippen LogP contribution in [0, 0.1) is 0 Å². The molecule has 0 amide bonds. The molecule has 0 fully saturated rings. The molecule has 2 heterocycles. The Morgan fingerprint density at radius 2 is 0.894 bits per heavy atom. The molecule has 0 saturated carbocycles. The Labute approximate surface area is 270 Å². The first-order valence-corrected chi connectivity index (χ1v) is 15.8. The van der Waals surface area contributed by atoms with E-state index in [-0.39, 0.29) is 0 Å². The van der Waals surface area contributed by atoms with Gasteiger partial charge in [-0.1, -0.05) is 127 Å². The molecule has 0 N–H and O–H groups in total. The van der Waals surface area contributed by atoms with E-state index in [0.717, 1.165) is 49.8 Å². The van der Waals surface area contributed by atoms with Gasteiger partial charge in [-0.05, 0) is 62.3 Å². The third-order valence-corrected chi connectivity index (χ3v) is 9.24. The Morgan fingerprint density at radius 3 is 1.62 bits per heavy atom. The highest BCUT2D eigenvalue weighted by Gasteiger charge is 2.20. The van der Waals surface area contributed by atoms with Crippen molar-refractivity contribution in [3.63, 3.8) is 0 Å². The zero-order valence-electron chi connectivity index (χ0n) is 25.2. The average molecular weight is 600 g/mol. The van der Waals surface area contributed by atoms with Crippen LogP contribution in [0.25, 0.3) is 99.5 Å². The first-order valence-electron chi connectivity index (χ1n) is 15.8. The molecule has 0 unspecified atom stereocenters. The Balaban J connectivity index is 1.15. The van der Waals surface area contributed by atoms with Crippen LogP contribution >= 0.6 is 0 Å². The van der Waals surface area contributed by atoms with Gasteiger partial charge in [-0.2, -0.15) is 0 Å². The number of aromatic nitrogens is 3. The summed E-state index contributed by atoms with van der Waals surface area (Å²) in [5, 5.41) is 9.62. The normalized spacial score (nSPS) is 11.8. The fourth-order valence-electron chi connectivity index (χ4n) is 7.05. The van der Waals surface area contributed by atoms with Crippen LogP contribution < -0.4 is 0 Å². The lowest BCUT2D eigenvalue weighted by molar-refractivity contribution is 0.673. The van der Waals surface area contributed by atoms with Crippen LogP contribution in [0.2, 0.25) is 0 Å². The summed E-state index contributed by atoms with van der Waals surface area (Å²) in [6.45, 7) is 0. The Hall–Kier alpha value is -6.39. The van der Waals surface area contributed by atoms with Gasteiger partial charge in [0.05, 0.1) is 0 Å². The highest BCUT2D eigenvalue weighted by Crippen LogP contribution is 2.45. The molecular weight excluding hydrogens is 574 g/mol. The molecular formula is C43H25N3O. The standard InChI is InChI=1S/C43H25N3O/c1-3-11-26(12-4-1)41-44-42(27-13-5-2-6-14-27)46-43(45-41)31-16-9-15-28(23-31)29-21-22-30-25-36-33-18-8-7-17-32(33)34-19-10-20-37-38(34)39(36)40(47-37)35(30)24-29/h1-25H. The maximum Gasteiger partial charge on any atom is 0.164 e. The van der Waals surface area contributed by atoms with Crippen LogP contribution in [-0.4, -0.2) is 15.0 Å². The third-order valence-electron chi connectivity index (χ3n) is 9.24. The van der Waals surface area contributed by atoms with Gasteiger partial charge in [-0.15, -0.1) is 0 Å². The van der Waals surface area contributed by atoms with Gasteiger partial charge in [-0.25, -0.2) is 15.0 Å². The molecule has 47 heavy (non-hydrogen) atoms. The third kappa shape index (κ3) is 4.05. The zero-order valence-corrected chi connectivity index (χ0v) is 25.2. The van der Waals surface area contributed by atoms with Crippen LogP contribution in [0.15, 0.2) is 156 Å². The number of rotatable bonds is 4. The molecule has 0 saturated heterocycles. The van der Waals surface area contributed by atoms with Gasteiger partial charge in [0.25, 0.3) is 0 Å². The first-order chi connectivity index (χ1) is 23.3. The second-order valence-corrected chi connectivity index (χ2v) is 12.0. The second kappa shape index (κ2) is 10.1. The lowest BCUT2D eigenvalue weighted by Gasteiger charge is -2.11. The minimum atomic E-state index is 0.637. The van der Waals surface area contributed by atoms with E-state index in [9.17, 15) is 0 Å². The minimum Gasteiger partial charge on any atom is -0.455 e. The molecule has 8 aromatic carbocycles. The predicted molar refractivity (Wildman–Crippen MR) is 193 cm³/mol. The lowest BCUT2D eigenvalue weighted by atomic mass is 9.91. The van der Waals surface area contributed by atoms with Gasteiger partial charge in [-0.3, -0.25) is 0 Å². The number of hydrogen-bond donors (Lipinski definition) is 0. The molecule has 10 aromatic rings. The average Bonchev–Trinajstić information content (AvgIpc) is 3.55. The summed E-state index contributed by atoms with van der Waals surface area (Å²) in [5.74, 6) is 1.94. The van der Waals surface area contributed by atoms with E-state index in [1.165, 1.54) is 32.3 Å². The first kappa shape index (κ1) is 25.9. The molecule has 0 atom stereocenters. The number of hydrogen-bond acceptors (Lipinski definition) is 4. The molecule has 218 valence electrons. The van der Waals surface area contributed by atoms with Crippen molar-refractivity contribution in [3.8, 4) is 45.3 Å². The largest absolute Gasteiger partial charge is 0.455 e. The fraction of sp³-hybridized carbons (Fsp3) is 0. The molecule has 0 bridgehead atoms. The molecule has 2 aromatic heterocycles. The van der Waals surface area contributed by atoms with E-state index in [0.29, 0.717) is 17.5 Å². The lowest BCUT2D eigenvalue weighted by Crippen LogP contribution is -2.00. The molecule has 4 nitrogen and oxygen atoms in total. The molecule has 0 aliphatic rings. The molecule has 0 aliphatic heterocycles. The van der Waals surface area contributed by atoms with Gasteiger partial charge < -0.3 is 4.42 Å². The van der Waals surface area contributed by atoms with Crippen molar-refractivity contribution in [2.45, 2.75) is 0 Å². The van der Waals surface area contributed by atoms with Crippen LogP contribution in [0.5, 0.6) is 0 Å². The monoisotopic (exact) mass is 599 g/mol. The van der Waals surface area contributed by atoms with Crippen molar-refractivity contribution in [2.24, 2.45) is 0 Å². The fourth-order valence-corrected chi connectivity index (χ4v) is 7.05. The van der Waals surface area contributed by atoms with Crippen LogP contribution in [0.4, 0.5) is 0 Å². The van der Waals surface area contributed by atoms with Crippen LogP contribution in [0.3, 0.4) is 0 Å². The number of benzene rings is 8. The summed E-state index contributed by atoms with van der Waals surface area (Å²) in [4.78, 5) is 14.8. The Morgan fingerprint density at radius 1 is 0.340 bits per heavy atom. The summed E-state index contributed by atoms with van der Waals surface area (Å²) >= 11 is 0. The van der Waals surface area contributed by atoms with Gasteiger partial charge in [0.1, 0.15) is 11.2 Å². The Bertz CT molecular complexity index is 2730. The van der Waals surface area contributed by atoms with Gasteiger partial charge >= 0.3 is 0 Å². The van der Waals surface area contributed by atoms with Crippen molar-refractivity contribution in [2.75, 3.05) is 0 Å². The van der Waals surface area contributed by atoms with Crippen molar-refractivity contribution in [1.82, 2.24) is 15.0 Å². The molecule has 0 spiro atoms. The summed E-state index contributed by atoms with van der Waals surface area (Å²) in [6, 6.07) is 52.6. The van der Waals surface area contributed by atoms with Gasteiger partial charge in [0, 0.05) is 32.8 Å². The Kier molecular flexibility index (Phi) is 5.54. The molecule has 0 radical (unpaired) electrons. The molecule has 10 rings (SSSR count). The maximum absolute atomic E-state index is 6.67. The second-order valence-electron chi connectivity index (χ2n) is 12.0. The number of furan rings is 1. The summed E-state index contributed by atoms with van der Waals surface area (Å²) in [7, 11) is 0. The summed E-state index contributed by atoms with van der Waals surface area (Å²) < 4.78 is 6.67. The topological polar surface area (TPSA) is 51.8 Å². The van der Waals surface area contributed by atoms with E-state index >= 15 is 0 Å². The molecule has 4 heteroatoms. The predicted octanol–water partition coefficient (Wildman–Crippen LogP) is 11.3. The van der Waals surface area contributed by atoms with Crippen molar-refractivity contribution >= 4 is 54.3 Å². The zero-order chi connectivity index (χ0) is 30.9. The van der Waals surface area contributed by atoms with Crippen molar-refractivity contribution in [1.29, 1.82) is 0 Å². The van der Waals surface area contributed by atoms with E-state index < -0.39 is 0 Å². The quantitative estimate of drug-likeness (QED) is 0.149. The van der Waals surface area contributed by atoms with Crippen LogP contribution in [-0.2, 0) is 0 Å². The van der Waals surface area contributed by atoms with E-state index in [2.05, 4.69) is 91.0 Å². The SMILES string of the molecule is c1ccc(-c2nc(-c3ccccc3)nc(-c3cccc(-c4ccc5cc6c7ccccc7c7cccc8oc(c5c4)c6c87)c3)n2)cc1. The summed E-state index contributed by atoms with van der Waals surface area (Å²) in [5.41, 5.74) is 6.88. The minimum absolute atomic E-state index is 0.637. The maximum atomic E-state index is 6.67.